The predicted molar refractivity (Wildman–Crippen MR) is 186 cm³/mol. The smallest absolute Gasteiger partial charge is 0.407 e. The van der Waals surface area contributed by atoms with Crippen molar-refractivity contribution in [3.8, 4) is 16.9 Å². The highest BCUT2D eigenvalue weighted by molar-refractivity contribution is 7.91. The van der Waals surface area contributed by atoms with Crippen LogP contribution in [0.15, 0.2) is 75.7 Å². The Morgan fingerprint density at radius 3 is 2.45 bits per heavy atom. The molecule has 0 bridgehead atoms. The first-order valence-electron chi connectivity index (χ1n) is 15.6. The van der Waals surface area contributed by atoms with Gasteiger partial charge in [0.15, 0.2) is 0 Å². The fraction of sp³-hybridized carbons (Fsp3) is 0.378. The highest BCUT2D eigenvalue weighted by Crippen LogP contribution is 2.33. The molecule has 0 aliphatic carbocycles. The molecule has 4 rings (SSSR count). The van der Waals surface area contributed by atoms with E-state index in [9.17, 15) is 14.1 Å². The Hall–Kier alpha value is -4.28. The zero-order chi connectivity index (χ0) is 34.4. The summed E-state index contributed by atoms with van der Waals surface area (Å²) in [6.07, 6.45) is 1.21. The third-order valence-corrected chi connectivity index (χ3v) is 8.44. The summed E-state index contributed by atoms with van der Waals surface area (Å²) in [5.74, 6) is 0.156. The van der Waals surface area contributed by atoms with Crippen molar-refractivity contribution in [2.75, 3.05) is 6.61 Å². The molecule has 0 spiro atoms. The summed E-state index contributed by atoms with van der Waals surface area (Å²) in [7, 11) is 0. The molecule has 1 atom stereocenters. The van der Waals surface area contributed by atoms with Crippen molar-refractivity contribution in [1.29, 1.82) is 0 Å². The minimum absolute atomic E-state index is 0.0453. The molecule has 1 aromatic heterocycles. The van der Waals surface area contributed by atoms with Crippen molar-refractivity contribution in [2.45, 2.75) is 85.3 Å². The number of esters is 1. The maximum atomic E-state index is 12.7. The van der Waals surface area contributed by atoms with Crippen LogP contribution in [0.4, 0.5) is 4.79 Å². The van der Waals surface area contributed by atoms with Crippen LogP contribution in [0.5, 0.6) is 5.75 Å². The predicted octanol–water partition coefficient (Wildman–Crippen LogP) is 8.08. The molecule has 250 valence electrons. The number of fused-ring (bicyclic) bond motifs is 1. The first-order chi connectivity index (χ1) is 22.1. The molecule has 1 N–H and O–H groups in total. The van der Waals surface area contributed by atoms with Crippen molar-refractivity contribution >= 4 is 40.1 Å². The number of nitrogens with zero attached hydrogens (tertiary/aromatic N) is 1. The van der Waals surface area contributed by atoms with Gasteiger partial charge in [0.2, 0.25) is 0 Å². The average molecular weight is 661 g/mol. The maximum Gasteiger partial charge on any atom is 0.407 e. The number of carbonyl (C=O) groups is 2. The lowest BCUT2D eigenvalue weighted by Gasteiger charge is -2.19. The van der Waals surface area contributed by atoms with Crippen LogP contribution < -0.4 is 10.1 Å². The lowest BCUT2D eigenvalue weighted by atomic mass is 9.99. The third-order valence-electron chi connectivity index (χ3n) is 6.95. The van der Waals surface area contributed by atoms with E-state index in [1.807, 2.05) is 109 Å². The molecule has 1 unspecified atom stereocenters. The largest absolute Gasteiger partial charge is 0.591 e. The Morgan fingerprint density at radius 1 is 0.979 bits per heavy atom. The van der Waals surface area contributed by atoms with Crippen LogP contribution in [0.3, 0.4) is 0 Å². The summed E-state index contributed by atoms with van der Waals surface area (Å²) in [5, 5.41) is 3.72. The monoisotopic (exact) mass is 660 g/mol. The van der Waals surface area contributed by atoms with Gasteiger partial charge in [-0.25, -0.2) is 4.79 Å². The number of hydrogen-bond acceptors (Lipinski definition) is 8. The van der Waals surface area contributed by atoms with E-state index in [2.05, 4.69) is 9.71 Å². The van der Waals surface area contributed by atoms with Gasteiger partial charge in [-0.2, -0.15) is 0 Å². The highest BCUT2D eigenvalue weighted by Gasteiger charge is 2.27. The van der Waals surface area contributed by atoms with Gasteiger partial charge in [0.25, 0.3) is 0 Å². The van der Waals surface area contributed by atoms with Crippen LogP contribution in [0, 0.1) is 0 Å². The van der Waals surface area contributed by atoms with Crippen LogP contribution >= 0.6 is 0 Å². The molecule has 1 amide bonds. The molecule has 0 saturated heterocycles. The van der Waals surface area contributed by atoms with Crippen LogP contribution in [-0.4, -0.2) is 39.3 Å². The van der Waals surface area contributed by atoms with E-state index in [4.69, 9.17) is 18.6 Å². The summed E-state index contributed by atoms with van der Waals surface area (Å²) in [4.78, 5) is 24.6. The van der Waals surface area contributed by atoms with E-state index >= 15 is 0 Å². The number of furan rings is 1. The van der Waals surface area contributed by atoms with Gasteiger partial charge in [-0.1, -0.05) is 34.7 Å². The number of alkyl carbamates (subject to hydrolysis) is 1. The Labute approximate surface area is 280 Å². The minimum atomic E-state index is -1.43. The van der Waals surface area contributed by atoms with E-state index in [0.717, 1.165) is 38.8 Å². The molecule has 4 aromatic rings. The molecule has 0 fully saturated rings. The van der Waals surface area contributed by atoms with Crippen LogP contribution in [0.2, 0.25) is 0 Å². The molecule has 47 heavy (non-hydrogen) atoms. The summed E-state index contributed by atoms with van der Waals surface area (Å²) >= 11 is -1.43. The third kappa shape index (κ3) is 10.1. The Morgan fingerprint density at radius 2 is 1.74 bits per heavy atom. The number of benzene rings is 3. The van der Waals surface area contributed by atoms with E-state index < -0.39 is 27.8 Å². The molecule has 9 nitrogen and oxygen atoms in total. The van der Waals surface area contributed by atoms with Crippen molar-refractivity contribution < 1.29 is 32.8 Å². The summed E-state index contributed by atoms with van der Waals surface area (Å²) in [6.45, 7) is 15.5. The van der Waals surface area contributed by atoms with Gasteiger partial charge >= 0.3 is 12.1 Å². The Kier molecular flexibility index (Phi) is 11.4. The zero-order valence-electron chi connectivity index (χ0n) is 28.4. The Bertz CT molecular complexity index is 1750. The first kappa shape index (κ1) is 35.6. The van der Waals surface area contributed by atoms with Gasteiger partial charge in [-0.3, -0.25) is 4.79 Å². The fourth-order valence-corrected chi connectivity index (χ4v) is 5.31. The van der Waals surface area contributed by atoms with E-state index in [-0.39, 0.29) is 25.6 Å². The highest BCUT2D eigenvalue weighted by atomic mass is 32.2. The van der Waals surface area contributed by atoms with Gasteiger partial charge in [-0.05, 0) is 102 Å². The molecule has 0 saturated carbocycles. The van der Waals surface area contributed by atoms with Gasteiger partial charge in [0, 0.05) is 28.6 Å². The Balaban J connectivity index is 1.62. The van der Waals surface area contributed by atoms with Gasteiger partial charge in [-0.15, -0.1) is 0 Å². The first-order valence-corrected chi connectivity index (χ1v) is 16.7. The lowest BCUT2D eigenvalue weighted by Crippen LogP contribution is -2.32. The normalized spacial score (nSPS) is 12.9. The quantitative estimate of drug-likeness (QED) is 0.0980. The number of nitrogens with one attached hydrogen (secondary N) is 1. The van der Waals surface area contributed by atoms with Gasteiger partial charge in [0.05, 0.1) is 25.0 Å². The number of ether oxygens (including phenoxy) is 3. The van der Waals surface area contributed by atoms with Gasteiger partial charge in [0.1, 0.15) is 39.6 Å². The van der Waals surface area contributed by atoms with Crippen LogP contribution in [-0.2, 0) is 45.2 Å². The summed E-state index contributed by atoms with van der Waals surface area (Å²) in [6, 6.07) is 19.3. The van der Waals surface area contributed by atoms with E-state index in [0.29, 0.717) is 23.6 Å². The molecule has 10 heteroatoms. The molecule has 0 aliphatic rings. The van der Waals surface area contributed by atoms with E-state index in [1.165, 1.54) is 0 Å². The molecule has 1 heterocycles. The zero-order valence-corrected chi connectivity index (χ0v) is 29.2. The van der Waals surface area contributed by atoms with Crippen molar-refractivity contribution in [1.82, 2.24) is 5.32 Å². The summed E-state index contributed by atoms with van der Waals surface area (Å²) < 4.78 is 39.4. The average Bonchev–Trinajstić information content (AvgIpc) is 3.47. The van der Waals surface area contributed by atoms with Crippen molar-refractivity contribution in [2.24, 2.45) is 4.40 Å². The van der Waals surface area contributed by atoms with E-state index in [1.54, 1.807) is 13.2 Å². The number of rotatable bonds is 11. The second-order valence-corrected chi connectivity index (χ2v) is 15.1. The second kappa shape index (κ2) is 15.1. The number of carbonyl (C=O) groups excluding carboxylic acids is 2. The van der Waals surface area contributed by atoms with Gasteiger partial charge < -0.3 is 28.5 Å². The van der Waals surface area contributed by atoms with Crippen LogP contribution in [0.1, 0.15) is 77.6 Å². The molecule has 0 aliphatic heterocycles. The topological polar surface area (TPSA) is 122 Å². The molecular formula is C37H44N2O7S. The minimum Gasteiger partial charge on any atom is -0.591 e. The number of hydrogen-bond donors (Lipinski definition) is 1. The second-order valence-electron chi connectivity index (χ2n) is 13.2. The van der Waals surface area contributed by atoms with Crippen LogP contribution in [0.25, 0.3) is 22.1 Å². The maximum absolute atomic E-state index is 12.7. The standard InChI is InChI=1S/C37H44N2O7S/c1-9-43-33(40)21-29-14-13-27(24(2)39-47(42)37(6,7)8)20-32(29)45-23-26-18-30-15-16-44-34(30)31(19-26)28-12-10-11-25(17-28)22-38-35(41)46-36(3,4)5/h10-20H,9,21-23H2,1-8H3,(H,38,41)/b39-24-. The van der Waals surface area contributed by atoms with Crippen molar-refractivity contribution in [3.05, 3.63) is 89.2 Å². The number of amides is 1. The van der Waals surface area contributed by atoms with Crippen molar-refractivity contribution in [3.63, 3.8) is 0 Å². The summed E-state index contributed by atoms with van der Waals surface area (Å²) in [5.41, 5.74) is 5.75. The molecular weight excluding hydrogens is 616 g/mol. The SMILES string of the molecule is CCOC(=O)Cc1ccc(/C(C)=N\[S+]([O-])C(C)(C)C)cc1OCc1cc(-c2cccc(CNC(=O)OC(C)(C)C)c2)c2occc2c1. The molecule has 3 aromatic carbocycles. The fourth-order valence-electron chi connectivity index (χ4n) is 4.68. The molecule has 0 radical (unpaired) electrons. The lowest BCUT2D eigenvalue weighted by molar-refractivity contribution is -0.142.